The van der Waals surface area contributed by atoms with Gasteiger partial charge in [0.15, 0.2) is 0 Å². The Balaban J connectivity index is 2.66. The molecule has 0 heterocycles. The fourth-order valence-electron chi connectivity index (χ4n) is 1.59. The molecule has 94 valence electrons. The van der Waals surface area contributed by atoms with E-state index in [2.05, 4.69) is 20.8 Å². The van der Waals surface area contributed by atoms with E-state index in [1.165, 1.54) is 5.56 Å². The lowest BCUT2D eigenvalue weighted by molar-refractivity contribution is -0.119. The van der Waals surface area contributed by atoms with E-state index in [1.54, 1.807) is 0 Å². The van der Waals surface area contributed by atoms with Gasteiger partial charge in [-0.1, -0.05) is 32.9 Å². The van der Waals surface area contributed by atoms with E-state index >= 15 is 0 Å². The van der Waals surface area contributed by atoms with Crippen LogP contribution in [0, 0.1) is 0 Å². The van der Waals surface area contributed by atoms with Gasteiger partial charge in [-0.3, -0.25) is 4.79 Å². The summed E-state index contributed by atoms with van der Waals surface area (Å²) in [6.07, 6.45) is 0.0501. The van der Waals surface area contributed by atoms with E-state index in [0.29, 0.717) is 0 Å². The molecule has 0 radical (unpaired) electrons. The highest BCUT2D eigenvalue weighted by Gasteiger charge is 2.13. The smallest absolute Gasteiger partial charge is 0.221 e. The number of primary amides is 1. The van der Waals surface area contributed by atoms with Crippen LogP contribution in [0.15, 0.2) is 24.3 Å². The maximum absolute atomic E-state index is 10.7. The van der Waals surface area contributed by atoms with Crippen molar-refractivity contribution in [3.63, 3.8) is 0 Å². The van der Waals surface area contributed by atoms with Crippen LogP contribution in [0.3, 0.4) is 0 Å². The van der Waals surface area contributed by atoms with Crippen molar-refractivity contribution < 1.29 is 9.53 Å². The minimum atomic E-state index is -0.344. The number of ether oxygens (including phenoxy) is 1. The molecule has 0 spiro atoms. The number of benzene rings is 1. The van der Waals surface area contributed by atoms with E-state index in [-0.39, 0.29) is 23.8 Å². The number of carbonyl (C=O) groups is 1. The lowest BCUT2D eigenvalue weighted by Gasteiger charge is -2.20. The Morgan fingerprint density at radius 2 is 1.82 bits per heavy atom. The van der Waals surface area contributed by atoms with Gasteiger partial charge in [-0.05, 0) is 30.0 Å². The molecule has 0 saturated carbocycles. The minimum Gasteiger partial charge on any atom is -0.490 e. The quantitative estimate of drug-likeness (QED) is 0.872. The number of rotatable bonds is 4. The third-order valence-corrected chi connectivity index (χ3v) is 2.55. The molecule has 1 rings (SSSR count). The van der Waals surface area contributed by atoms with Crippen molar-refractivity contribution in [2.24, 2.45) is 5.73 Å². The lowest BCUT2D eigenvalue weighted by Crippen LogP contribution is -2.22. The predicted octanol–water partition coefficient (Wildman–Crippen LogP) is 2.63. The molecule has 0 fully saturated rings. The van der Waals surface area contributed by atoms with Crippen molar-refractivity contribution in [2.75, 3.05) is 0 Å². The standard InChI is InChI=1S/C14H21NO2/c1-10(9-13(15)16)17-12-7-5-11(6-8-12)14(2,3)4/h5-8,10H,9H2,1-4H3,(H2,15,16). The zero-order chi connectivity index (χ0) is 13.1. The number of nitrogens with two attached hydrogens (primary N) is 1. The van der Waals surface area contributed by atoms with Crippen LogP contribution in [0.4, 0.5) is 0 Å². The first-order valence-electron chi connectivity index (χ1n) is 5.84. The molecule has 1 unspecified atom stereocenters. The zero-order valence-corrected chi connectivity index (χ0v) is 11.0. The molecule has 0 aromatic heterocycles. The van der Waals surface area contributed by atoms with Gasteiger partial charge in [0.2, 0.25) is 5.91 Å². The molecule has 3 nitrogen and oxygen atoms in total. The van der Waals surface area contributed by atoms with Crippen molar-refractivity contribution in [3.05, 3.63) is 29.8 Å². The van der Waals surface area contributed by atoms with Crippen molar-refractivity contribution in [1.29, 1.82) is 0 Å². The van der Waals surface area contributed by atoms with Crippen LogP contribution in [-0.2, 0) is 10.2 Å². The van der Waals surface area contributed by atoms with Crippen LogP contribution in [-0.4, -0.2) is 12.0 Å². The summed E-state index contributed by atoms with van der Waals surface area (Å²) in [6.45, 7) is 8.33. The first-order valence-corrected chi connectivity index (χ1v) is 5.84. The Morgan fingerprint density at radius 1 is 1.29 bits per heavy atom. The summed E-state index contributed by atoms with van der Waals surface area (Å²) in [5.74, 6) is 0.426. The summed E-state index contributed by atoms with van der Waals surface area (Å²) in [5.41, 5.74) is 6.50. The fourth-order valence-corrected chi connectivity index (χ4v) is 1.59. The van der Waals surface area contributed by atoms with Gasteiger partial charge in [-0.25, -0.2) is 0 Å². The Labute approximate surface area is 103 Å². The molecule has 1 amide bonds. The van der Waals surface area contributed by atoms with Gasteiger partial charge in [0.05, 0.1) is 6.42 Å². The average molecular weight is 235 g/mol. The van der Waals surface area contributed by atoms with Gasteiger partial charge in [-0.2, -0.15) is 0 Å². The van der Waals surface area contributed by atoms with Crippen LogP contribution >= 0.6 is 0 Å². The van der Waals surface area contributed by atoms with Crippen LogP contribution in [0.1, 0.15) is 39.7 Å². The van der Waals surface area contributed by atoms with Gasteiger partial charge >= 0.3 is 0 Å². The van der Waals surface area contributed by atoms with Crippen LogP contribution < -0.4 is 10.5 Å². The van der Waals surface area contributed by atoms with Gasteiger partial charge in [0.1, 0.15) is 11.9 Å². The monoisotopic (exact) mass is 235 g/mol. The van der Waals surface area contributed by atoms with Gasteiger partial charge in [0.25, 0.3) is 0 Å². The van der Waals surface area contributed by atoms with Crippen LogP contribution in [0.5, 0.6) is 5.75 Å². The molecule has 2 N–H and O–H groups in total. The Morgan fingerprint density at radius 3 is 2.24 bits per heavy atom. The van der Waals surface area contributed by atoms with E-state index in [4.69, 9.17) is 10.5 Å². The maximum Gasteiger partial charge on any atom is 0.221 e. The third-order valence-electron chi connectivity index (χ3n) is 2.55. The normalized spacial score (nSPS) is 13.2. The zero-order valence-electron chi connectivity index (χ0n) is 11.0. The largest absolute Gasteiger partial charge is 0.490 e. The second kappa shape index (κ2) is 5.21. The summed E-state index contributed by atoms with van der Waals surface area (Å²) in [4.78, 5) is 10.7. The summed E-state index contributed by atoms with van der Waals surface area (Å²) >= 11 is 0. The van der Waals surface area contributed by atoms with Crippen LogP contribution in [0.2, 0.25) is 0 Å². The van der Waals surface area contributed by atoms with Crippen molar-refractivity contribution in [1.82, 2.24) is 0 Å². The van der Waals surface area contributed by atoms with Crippen molar-refractivity contribution in [3.8, 4) is 5.75 Å². The molecule has 1 aromatic carbocycles. The molecule has 3 heteroatoms. The van der Waals surface area contributed by atoms with Gasteiger partial charge < -0.3 is 10.5 Å². The molecule has 0 aliphatic heterocycles. The van der Waals surface area contributed by atoms with Gasteiger partial charge in [-0.15, -0.1) is 0 Å². The number of amides is 1. The summed E-state index contributed by atoms with van der Waals surface area (Å²) in [5, 5.41) is 0. The van der Waals surface area contributed by atoms with E-state index in [0.717, 1.165) is 5.75 Å². The molecule has 1 atom stereocenters. The molecular formula is C14H21NO2. The number of carbonyl (C=O) groups excluding carboxylic acids is 1. The van der Waals surface area contributed by atoms with Crippen molar-refractivity contribution in [2.45, 2.75) is 45.6 Å². The molecule has 17 heavy (non-hydrogen) atoms. The first-order chi connectivity index (χ1) is 7.79. The molecule has 0 aliphatic rings. The second-order valence-corrected chi connectivity index (χ2v) is 5.37. The van der Waals surface area contributed by atoms with E-state index in [1.807, 2.05) is 31.2 Å². The van der Waals surface area contributed by atoms with Crippen molar-refractivity contribution >= 4 is 5.91 Å². The van der Waals surface area contributed by atoms with E-state index < -0.39 is 0 Å². The average Bonchev–Trinajstić information content (AvgIpc) is 2.15. The van der Waals surface area contributed by atoms with E-state index in [9.17, 15) is 4.79 Å². The second-order valence-electron chi connectivity index (χ2n) is 5.37. The topological polar surface area (TPSA) is 52.3 Å². The molecule has 1 aromatic rings. The first kappa shape index (κ1) is 13.6. The molecule has 0 saturated heterocycles. The Bertz CT molecular complexity index is 376. The highest BCUT2D eigenvalue weighted by atomic mass is 16.5. The Kier molecular flexibility index (Phi) is 4.16. The van der Waals surface area contributed by atoms with Gasteiger partial charge in [0, 0.05) is 0 Å². The molecular weight excluding hydrogens is 214 g/mol. The number of hydrogen-bond acceptors (Lipinski definition) is 2. The summed E-state index contributed by atoms with van der Waals surface area (Å²) < 4.78 is 5.59. The van der Waals surface area contributed by atoms with Crippen LogP contribution in [0.25, 0.3) is 0 Å². The predicted molar refractivity (Wildman–Crippen MR) is 69.0 cm³/mol. The summed E-state index contributed by atoms with van der Waals surface area (Å²) in [6, 6.07) is 7.95. The maximum atomic E-state index is 10.7. The molecule has 0 bridgehead atoms. The minimum absolute atomic E-state index is 0.136. The highest BCUT2D eigenvalue weighted by Crippen LogP contribution is 2.24. The Hall–Kier alpha value is -1.51. The molecule has 0 aliphatic carbocycles. The highest BCUT2D eigenvalue weighted by molar-refractivity contribution is 5.74. The fraction of sp³-hybridized carbons (Fsp3) is 0.500. The third kappa shape index (κ3) is 4.47. The number of hydrogen-bond donors (Lipinski definition) is 1. The summed E-state index contributed by atoms with van der Waals surface area (Å²) in [7, 11) is 0. The lowest BCUT2D eigenvalue weighted by atomic mass is 9.87. The SMILES string of the molecule is CC(CC(N)=O)Oc1ccc(C(C)(C)C)cc1.